The fraction of sp³-hybridized carbons (Fsp3) is 0.462. The third kappa shape index (κ3) is 2.67. The van der Waals surface area contributed by atoms with Gasteiger partial charge in [0.25, 0.3) is 0 Å². The molecule has 1 aromatic rings. The number of amidine groups is 1. The lowest BCUT2D eigenvalue weighted by Gasteiger charge is -2.38. The van der Waals surface area contributed by atoms with Gasteiger partial charge in [0, 0.05) is 24.9 Å². The Morgan fingerprint density at radius 3 is 2.84 bits per heavy atom. The third-order valence-electron chi connectivity index (χ3n) is 3.63. The van der Waals surface area contributed by atoms with Crippen LogP contribution in [0.25, 0.3) is 0 Å². The minimum Gasteiger partial charge on any atom is -0.409 e. The van der Waals surface area contributed by atoms with E-state index in [4.69, 9.17) is 10.9 Å². The minimum absolute atomic E-state index is 0.00841. The number of hydrogen-bond acceptors (Lipinski definition) is 4. The molecule has 0 spiro atoms. The summed E-state index contributed by atoms with van der Waals surface area (Å²) in [7, 11) is 0. The number of aromatic nitrogens is 1. The first-order valence-corrected chi connectivity index (χ1v) is 6.35. The maximum atomic E-state index is 12.1. The molecule has 4 N–H and O–H groups in total. The molecule has 6 nitrogen and oxygen atoms in total. The number of rotatable bonds is 5. The maximum absolute atomic E-state index is 12.1. The molecule has 19 heavy (non-hydrogen) atoms. The highest BCUT2D eigenvalue weighted by molar-refractivity contribution is 6.07. The molecule has 0 aliphatic heterocycles. The average Bonchev–Trinajstić information content (AvgIpc) is 2.38. The Morgan fingerprint density at radius 1 is 1.53 bits per heavy atom. The van der Waals surface area contributed by atoms with E-state index < -0.39 is 5.41 Å². The lowest BCUT2D eigenvalue weighted by Crippen LogP contribution is -2.54. The largest absolute Gasteiger partial charge is 0.409 e. The summed E-state index contributed by atoms with van der Waals surface area (Å²) in [6.45, 7) is 0.496. The Balaban J connectivity index is 1.87. The molecule has 1 amide bonds. The van der Waals surface area contributed by atoms with Crippen molar-refractivity contribution in [2.45, 2.75) is 25.7 Å². The second kappa shape index (κ2) is 5.69. The van der Waals surface area contributed by atoms with E-state index in [0.717, 1.165) is 12.1 Å². The highest BCUT2D eigenvalue weighted by atomic mass is 16.4. The number of oxime groups is 1. The fourth-order valence-corrected chi connectivity index (χ4v) is 2.24. The van der Waals surface area contributed by atoms with Gasteiger partial charge in [0.2, 0.25) is 5.91 Å². The SMILES string of the molecule is N/C(=N/O)C1(C(=O)NCCc2ccccn2)CCC1. The summed E-state index contributed by atoms with van der Waals surface area (Å²) in [4.78, 5) is 16.3. The van der Waals surface area contributed by atoms with Crippen LogP contribution in [0.15, 0.2) is 29.6 Å². The van der Waals surface area contributed by atoms with Crippen LogP contribution in [-0.4, -0.2) is 28.5 Å². The van der Waals surface area contributed by atoms with Crippen molar-refractivity contribution in [1.82, 2.24) is 10.3 Å². The van der Waals surface area contributed by atoms with Crippen LogP contribution in [-0.2, 0) is 11.2 Å². The van der Waals surface area contributed by atoms with E-state index in [-0.39, 0.29) is 11.7 Å². The quantitative estimate of drug-likeness (QED) is 0.314. The smallest absolute Gasteiger partial charge is 0.233 e. The van der Waals surface area contributed by atoms with Crippen LogP contribution in [0.2, 0.25) is 0 Å². The zero-order valence-corrected chi connectivity index (χ0v) is 10.7. The zero-order chi connectivity index (χ0) is 13.7. The molecule has 0 unspecified atom stereocenters. The lowest BCUT2D eigenvalue weighted by atomic mass is 9.67. The molecule has 1 aromatic heterocycles. The molecule has 2 rings (SSSR count). The lowest BCUT2D eigenvalue weighted by molar-refractivity contribution is -0.131. The van der Waals surface area contributed by atoms with Crippen LogP contribution in [0.3, 0.4) is 0 Å². The van der Waals surface area contributed by atoms with Crippen LogP contribution in [0, 0.1) is 5.41 Å². The first kappa shape index (κ1) is 13.3. The molecule has 1 fully saturated rings. The Hall–Kier alpha value is -2.11. The van der Waals surface area contributed by atoms with Gasteiger partial charge in [-0.25, -0.2) is 0 Å². The van der Waals surface area contributed by atoms with Gasteiger partial charge < -0.3 is 16.3 Å². The van der Waals surface area contributed by atoms with Gasteiger partial charge in [0.15, 0.2) is 5.84 Å². The van der Waals surface area contributed by atoms with Gasteiger partial charge in [0.05, 0.1) is 0 Å². The minimum atomic E-state index is -0.807. The van der Waals surface area contributed by atoms with Crippen LogP contribution >= 0.6 is 0 Å². The number of amides is 1. The van der Waals surface area contributed by atoms with Gasteiger partial charge in [0.1, 0.15) is 5.41 Å². The summed E-state index contributed by atoms with van der Waals surface area (Å²) in [6.07, 6.45) is 4.58. The predicted molar refractivity (Wildman–Crippen MR) is 70.6 cm³/mol. The Kier molecular flexibility index (Phi) is 3.99. The fourth-order valence-electron chi connectivity index (χ4n) is 2.24. The molecule has 0 saturated heterocycles. The zero-order valence-electron chi connectivity index (χ0n) is 10.7. The normalized spacial score (nSPS) is 17.6. The first-order chi connectivity index (χ1) is 9.19. The molecular formula is C13H18N4O2. The van der Waals surface area contributed by atoms with E-state index in [0.29, 0.717) is 25.8 Å². The molecule has 0 radical (unpaired) electrons. The molecule has 0 atom stereocenters. The van der Waals surface area contributed by atoms with Crippen LogP contribution in [0.4, 0.5) is 0 Å². The van der Waals surface area contributed by atoms with Crippen molar-refractivity contribution in [2.24, 2.45) is 16.3 Å². The monoisotopic (exact) mass is 262 g/mol. The number of hydrogen-bond donors (Lipinski definition) is 3. The summed E-state index contributed by atoms with van der Waals surface area (Å²) in [6, 6.07) is 5.67. The van der Waals surface area contributed by atoms with E-state index in [1.807, 2.05) is 18.2 Å². The van der Waals surface area contributed by atoms with Gasteiger partial charge in [-0.1, -0.05) is 17.6 Å². The van der Waals surface area contributed by atoms with Gasteiger partial charge in [-0.05, 0) is 25.0 Å². The molecule has 6 heteroatoms. The van der Waals surface area contributed by atoms with Crippen molar-refractivity contribution in [3.63, 3.8) is 0 Å². The number of nitrogens with one attached hydrogen (secondary N) is 1. The summed E-state index contributed by atoms with van der Waals surface area (Å²) < 4.78 is 0. The highest BCUT2D eigenvalue weighted by Crippen LogP contribution is 2.41. The first-order valence-electron chi connectivity index (χ1n) is 6.35. The van der Waals surface area contributed by atoms with E-state index in [9.17, 15) is 4.79 Å². The highest BCUT2D eigenvalue weighted by Gasteiger charge is 2.48. The number of pyridine rings is 1. The Bertz CT molecular complexity index is 469. The van der Waals surface area contributed by atoms with Crippen LogP contribution < -0.4 is 11.1 Å². The predicted octanol–water partition coefficient (Wildman–Crippen LogP) is 0.657. The number of nitrogens with two attached hydrogens (primary N) is 1. The van der Waals surface area contributed by atoms with Crippen molar-refractivity contribution >= 4 is 11.7 Å². The second-order valence-corrected chi connectivity index (χ2v) is 4.75. The van der Waals surface area contributed by atoms with Gasteiger partial charge >= 0.3 is 0 Å². The maximum Gasteiger partial charge on any atom is 0.233 e. The number of carbonyl (C=O) groups is 1. The topological polar surface area (TPSA) is 101 Å². The van der Waals surface area contributed by atoms with Crippen molar-refractivity contribution in [3.8, 4) is 0 Å². The summed E-state index contributed by atoms with van der Waals surface area (Å²) >= 11 is 0. The van der Waals surface area contributed by atoms with Crippen molar-refractivity contribution in [3.05, 3.63) is 30.1 Å². The molecule has 1 aliphatic carbocycles. The number of carbonyl (C=O) groups excluding carboxylic acids is 1. The van der Waals surface area contributed by atoms with E-state index in [2.05, 4.69) is 15.5 Å². The number of nitrogens with zero attached hydrogens (tertiary/aromatic N) is 2. The molecule has 1 saturated carbocycles. The van der Waals surface area contributed by atoms with Gasteiger partial charge in [-0.15, -0.1) is 0 Å². The molecule has 1 heterocycles. The van der Waals surface area contributed by atoms with Crippen molar-refractivity contribution in [1.29, 1.82) is 0 Å². The molecule has 102 valence electrons. The Morgan fingerprint density at radius 2 is 2.32 bits per heavy atom. The van der Waals surface area contributed by atoms with E-state index >= 15 is 0 Å². The molecule has 0 aromatic carbocycles. The van der Waals surface area contributed by atoms with Gasteiger partial charge in [-0.3, -0.25) is 9.78 Å². The van der Waals surface area contributed by atoms with Gasteiger partial charge in [-0.2, -0.15) is 0 Å². The summed E-state index contributed by atoms with van der Waals surface area (Å²) in [5.74, 6) is -0.154. The second-order valence-electron chi connectivity index (χ2n) is 4.75. The van der Waals surface area contributed by atoms with Crippen LogP contribution in [0.5, 0.6) is 0 Å². The molecular weight excluding hydrogens is 244 g/mol. The Labute approximate surface area is 111 Å². The standard InChI is InChI=1S/C13H18N4O2/c14-11(17-19)13(6-3-7-13)12(18)16-9-5-10-4-1-2-8-15-10/h1-2,4,8,19H,3,5-7,9H2,(H2,14,17)(H,16,18). The molecule has 1 aliphatic rings. The summed E-state index contributed by atoms with van der Waals surface area (Å²) in [5.41, 5.74) is 5.74. The van der Waals surface area contributed by atoms with Crippen molar-refractivity contribution in [2.75, 3.05) is 6.54 Å². The third-order valence-corrected chi connectivity index (χ3v) is 3.63. The van der Waals surface area contributed by atoms with E-state index in [1.54, 1.807) is 6.20 Å². The molecule has 0 bridgehead atoms. The van der Waals surface area contributed by atoms with Crippen LogP contribution in [0.1, 0.15) is 25.0 Å². The van der Waals surface area contributed by atoms with E-state index in [1.165, 1.54) is 0 Å². The van der Waals surface area contributed by atoms with Crippen molar-refractivity contribution < 1.29 is 10.0 Å². The summed E-state index contributed by atoms with van der Waals surface area (Å²) in [5, 5.41) is 14.6. The average molecular weight is 262 g/mol.